The summed E-state index contributed by atoms with van der Waals surface area (Å²) in [4.78, 5) is 18.5. The van der Waals surface area contributed by atoms with E-state index in [-0.39, 0.29) is 16.9 Å². The van der Waals surface area contributed by atoms with E-state index in [9.17, 15) is 4.79 Å². The van der Waals surface area contributed by atoms with Crippen LogP contribution in [0.15, 0.2) is 28.8 Å². The minimum Gasteiger partial charge on any atom is -0.382 e. The molecule has 0 radical (unpaired) electrons. The molecule has 1 aliphatic heterocycles. The molecule has 0 aromatic carbocycles. The molecule has 0 bridgehead atoms. The maximum Gasteiger partial charge on any atom is 0.276 e. The normalized spacial score (nSPS) is 13.0. The van der Waals surface area contributed by atoms with Crippen molar-refractivity contribution in [1.82, 2.24) is 20.8 Å². The molecule has 0 saturated carbocycles. The van der Waals surface area contributed by atoms with Crippen molar-refractivity contribution in [2.45, 2.75) is 0 Å². The van der Waals surface area contributed by atoms with E-state index in [1.165, 1.54) is 0 Å². The molecule has 1 aliphatic rings. The number of allylic oxidation sites excluding steroid dienone is 2. The number of aromatic amines is 1. The maximum absolute atomic E-state index is 11.7. The summed E-state index contributed by atoms with van der Waals surface area (Å²) in [6.45, 7) is 0.469. The van der Waals surface area contributed by atoms with Crippen LogP contribution in [0, 0.1) is 5.41 Å². The molecule has 100 valence electrons. The van der Waals surface area contributed by atoms with Gasteiger partial charge in [-0.15, -0.1) is 0 Å². The Kier molecular flexibility index (Phi) is 3.81. The summed E-state index contributed by atoms with van der Waals surface area (Å²) in [5.41, 5.74) is 6.94. The van der Waals surface area contributed by atoms with Gasteiger partial charge in [0, 0.05) is 19.5 Å². The molecule has 0 saturated heterocycles. The Morgan fingerprint density at radius 2 is 2.37 bits per heavy atom. The molecule has 19 heavy (non-hydrogen) atoms. The van der Waals surface area contributed by atoms with E-state index in [4.69, 9.17) is 5.41 Å². The van der Waals surface area contributed by atoms with Crippen LogP contribution < -0.4 is 27.0 Å². The van der Waals surface area contributed by atoms with Gasteiger partial charge in [0.15, 0.2) is 0 Å². The van der Waals surface area contributed by atoms with Gasteiger partial charge in [-0.1, -0.05) is 0 Å². The van der Waals surface area contributed by atoms with E-state index in [0.717, 1.165) is 11.9 Å². The van der Waals surface area contributed by atoms with Crippen LogP contribution in [0.1, 0.15) is 5.69 Å². The van der Waals surface area contributed by atoms with Gasteiger partial charge in [-0.3, -0.25) is 9.78 Å². The van der Waals surface area contributed by atoms with Crippen LogP contribution in [0.3, 0.4) is 0 Å². The van der Waals surface area contributed by atoms with Gasteiger partial charge in [0.2, 0.25) is 5.95 Å². The fraction of sp³-hybridized carbons (Fsp3) is 0.182. The average Bonchev–Trinajstić information content (AvgIpc) is 2.45. The molecule has 2 rings (SSSR count). The molecule has 8 nitrogen and oxygen atoms in total. The standard InChI is InChI=1S/C11H15N7O/c1-13-9-8(5-12)16-11(17-10(9)19)14-6-7-3-2-4-15-18-7/h2-5,12-13,15,18H,6H2,1H3,(H2,14,16,17,19). The summed E-state index contributed by atoms with van der Waals surface area (Å²) in [7, 11) is 1.61. The quantitative estimate of drug-likeness (QED) is 0.406. The second-order valence-corrected chi connectivity index (χ2v) is 3.74. The van der Waals surface area contributed by atoms with Crippen molar-refractivity contribution >= 4 is 17.9 Å². The van der Waals surface area contributed by atoms with Crippen molar-refractivity contribution in [2.75, 3.05) is 24.2 Å². The SMILES string of the molecule is CNc1c(C=N)nc(NCC2=CC=CNN2)[nH]c1=O. The van der Waals surface area contributed by atoms with E-state index in [1.807, 2.05) is 12.2 Å². The smallest absolute Gasteiger partial charge is 0.276 e. The Morgan fingerprint density at radius 3 is 3.00 bits per heavy atom. The molecule has 0 aliphatic carbocycles. The van der Waals surface area contributed by atoms with Crippen LogP contribution in [0.25, 0.3) is 0 Å². The van der Waals surface area contributed by atoms with Crippen molar-refractivity contribution in [3.8, 4) is 0 Å². The summed E-state index contributed by atoms with van der Waals surface area (Å²) in [5.74, 6) is 0.319. The third kappa shape index (κ3) is 2.92. The second kappa shape index (κ2) is 5.71. The highest BCUT2D eigenvalue weighted by atomic mass is 16.1. The van der Waals surface area contributed by atoms with E-state index < -0.39 is 0 Å². The highest BCUT2D eigenvalue weighted by molar-refractivity contribution is 5.83. The lowest BCUT2D eigenvalue weighted by molar-refractivity contribution is 0.707. The number of nitrogens with one attached hydrogen (secondary N) is 6. The van der Waals surface area contributed by atoms with Crippen LogP contribution in [0.2, 0.25) is 0 Å². The largest absolute Gasteiger partial charge is 0.382 e. The number of nitrogens with zero attached hydrogens (tertiary/aromatic N) is 1. The minimum absolute atomic E-state index is 0.278. The van der Waals surface area contributed by atoms with Crippen molar-refractivity contribution < 1.29 is 0 Å². The van der Waals surface area contributed by atoms with Crippen LogP contribution in [0.5, 0.6) is 0 Å². The molecule has 0 fully saturated rings. The predicted octanol–water partition coefficient (Wildman–Crippen LogP) is -0.273. The first-order valence-corrected chi connectivity index (χ1v) is 5.68. The Hall–Kier alpha value is -2.77. The van der Waals surface area contributed by atoms with Gasteiger partial charge >= 0.3 is 0 Å². The fourth-order valence-corrected chi connectivity index (χ4v) is 1.59. The third-order valence-corrected chi connectivity index (χ3v) is 2.49. The lowest BCUT2D eigenvalue weighted by Crippen LogP contribution is -2.32. The number of hydrogen-bond acceptors (Lipinski definition) is 7. The van der Waals surface area contributed by atoms with Crippen molar-refractivity contribution in [2.24, 2.45) is 0 Å². The Bertz CT molecular complexity index is 587. The lowest BCUT2D eigenvalue weighted by atomic mass is 10.3. The number of rotatable bonds is 5. The van der Waals surface area contributed by atoms with Crippen LogP contribution in [0.4, 0.5) is 11.6 Å². The molecule has 0 atom stereocenters. The van der Waals surface area contributed by atoms with Gasteiger partial charge in [0.25, 0.3) is 5.56 Å². The Morgan fingerprint density at radius 1 is 1.53 bits per heavy atom. The topological polar surface area (TPSA) is 118 Å². The van der Waals surface area contributed by atoms with Crippen molar-refractivity contribution in [3.63, 3.8) is 0 Å². The van der Waals surface area contributed by atoms with E-state index in [1.54, 1.807) is 13.2 Å². The predicted molar refractivity (Wildman–Crippen MR) is 74.3 cm³/mol. The molecular formula is C11H15N7O. The monoisotopic (exact) mass is 261 g/mol. The third-order valence-electron chi connectivity index (χ3n) is 2.49. The lowest BCUT2D eigenvalue weighted by Gasteiger charge is -2.14. The Labute approximate surface area is 109 Å². The van der Waals surface area contributed by atoms with Crippen molar-refractivity contribution in [3.05, 3.63) is 40.1 Å². The molecule has 6 N–H and O–H groups in total. The highest BCUT2D eigenvalue weighted by Gasteiger charge is 2.08. The zero-order valence-corrected chi connectivity index (χ0v) is 10.4. The summed E-state index contributed by atoms with van der Waals surface area (Å²) in [5, 5.41) is 13.0. The molecule has 8 heteroatoms. The first kappa shape index (κ1) is 12.7. The minimum atomic E-state index is -0.317. The summed E-state index contributed by atoms with van der Waals surface area (Å²) >= 11 is 0. The van der Waals surface area contributed by atoms with Crippen LogP contribution in [-0.4, -0.2) is 29.8 Å². The van der Waals surface area contributed by atoms with Gasteiger partial charge < -0.3 is 26.9 Å². The van der Waals surface area contributed by atoms with E-state index >= 15 is 0 Å². The molecular weight excluding hydrogens is 246 g/mol. The van der Waals surface area contributed by atoms with Crippen LogP contribution in [-0.2, 0) is 0 Å². The van der Waals surface area contributed by atoms with Gasteiger partial charge in [-0.05, 0) is 12.2 Å². The molecule has 1 aromatic heterocycles. The number of anilines is 2. The highest BCUT2D eigenvalue weighted by Crippen LogP contribution is 2.06. The second-order valence-electron chi connectivity index (χ2n) is 3.74. The molecule has 0 amide bonds. The average molecular weight is 261 g/mol. The molecule has 0 spiro atoms. The number of hydrazine groups is 1. The van der Waals surface area contributed by atoms with Crippen LogP contribution >= 0.6 is 0 Å². The van der Waals surface area contributed by atoms with E-state index in [0.29, 0.717) is 12.5 Å². The van der Waals surface area contributed by atoms with Gasteiger partial charge in [0.1, 0.15) is 11.4 Å². The number of H-pyrrole nitrogens is 1. The first-order chi connectivity index (χ1) is 9.24. The number of hydrogen-bond donors (Lipinski definition) is 6. The van der Waals surface area contributed by atoms with E-state index in [2.05, 4.69) is 31.5 Å². The number of aromatic nitrogens is 2. The summed E-state index contributed by atoms with van der Waals surface area (Å²) < 4.78 is 0. The first-order valence-electron chi connectivity index (χ1n) is 5.68. The zero-order chi connectivity index (χ0) is 13.7. The van der Waals surface area contributed by atoms with Gasteiger partial charge in [-0.25, -0.2) is 4.98 Å². The summed E-state index contributed by atoms with van der Waals surface area (Å²) in [6, 6.07) is 0. The van der Waals surface area contributed by atoms with Crippen molar-refractivity contribution in [1.29, 1.82) is 5.41 Å². The summed E-state index contributed by atoms with van der Waals surface area (Å²) in [6.07, 6.45) is 6.55. The molecule has 1 aromatic rings. The molecule has 0 unspecified atom stereocenters. The maximum atomic E-state index is 11.7. The zero-order valence-electron chi connectivity index (χ0n) is 10.4. The van der Waals surface area contributed by atoms with Gasteiger partial charge in [-0.2, -0.15) is 0 Å². The van der Waals surface area contributed by atoms with Gasteiger partial charge in [0.05, 0.1) is 12.2 Å². The fourth-order valence-electron chi connectivity index (χ4n) is 1.59. The molecule has 2 heterocycles. The Balaban J connectivity index is 2.15.